The molecule has 31 heavy (non-hydrogen) atoms. The maximum Gasteiger partial charge on any atom is 0.323 e. The van der Waals surface area contributed by atoms with E-state index >= 15 is 0 Å². The number of methoxy groups -OCH3 is 1. The van der Waals surface area contributed by atoms with Gasteiger partial charge in [-0.15, -0.1) is 0 Å². The van der Waals surface area contributed by atoms with Crippen molar-refractivity contribution >= 4 is 39.9 Å². The average Bonchev–Trinajstić information content (AvgIpc) is 2.75. The summed E-state index contributed by atoms with van der Waals surface area (Å²) < 4.78 is 32.2. The monoisotopic (exact) mass is 439 g/mol. The summed E-state index contributed by atoms with van der Waals surface area (Å²) in [6.45, 7) is 0. The number of aromatic nitrogens is 1. The highest BCUT2D eigenvalue weighted by molar-refractivity contribution is 6.31. The molecule has 0 fully saturated rings. The summed E-state index contributed by atoms with van der Waals surface area (Å²) in [5.74, 6) is -0.936. The molecule has 0 atom stereocenters. The normalized spacial score (nSPS) is 10.7. The molecule has 0 bridgehead atoms. The molecule has 0 saturated carbocycles. The molecular formula is C23H16ClF2N3O2. The molecule has 0 aliphatic carbocycles. The Morgan fingerprint density at radius 3 is 2.42 bits per heavy atom. The lowest BCUT2D eigenvalue weighted by Crippen LogP contribution is -2.20. The number of halogens is 3. The third-order valence-electron chi connectivity index (χ3n) is 4.64. The second kappa shape index (κ2) is 8.57. The van der Waals surface area contributed by atoms with Gasteiger partial charge in [0.05, 0.1) is 30.2 Å². The summed E-state index contributed by atoms with van der Waals surface area (Å²) in [6, 6.07) is 14.7. The molecule has 4 aromatic rings. The molecule has 1 heterocycles. The minimum Gasteiger partial charge on any atom is -0.497 e. The number of urea groups is 1. The van der Waals surface area contributed by atoms with E-state index in [9.17, 15) is 13.6 Å². The van der Waals surface area contributed by atoms with Crippen LogP contribution < -0.4 is 15.4 Å². The van der Waals surface area contributed by atoms with E-state index in [1.54, 1.807) is 37.4 Å². The lowest BCUT2D eigenvalue weighted by molar-refractivity contribution is 0.262. The average molecular weight is 440 g/mol. The number of carbonyl (C=O) groups excluding carboxylic acids is 1. The number of rotatable bonds is 4. The summed E-state index contributed by atoms with van der Waals surface area (Å²) in [5, 5.41) is 6.31. The number of anilines is 2. The van der Waals surface area contributed by atoms with E-state index < -0.39 is 17.7 Å². The number of ether oxygens (including phenoxy) is 1. The molecule has 0 saturated heterocycles. The summed E-state index contributed by atoms with van der Waals surface area (Å²) in [7, 11) is 1.57. The van der Waals surface area contributed by atoms with Crippen molar-refractivity contribution in [2.75, 3.05) is 17.7 Å². The van der Waals surface area contributed by atoms with Crippen LogP contribution in [0.3, 0.4) is 0 Å². The van der Waals surface area contributed by atoms with Gasteiger partial charge in [0.1, 0.15) is 17.4 Å². The zero-order valence-electron chi connectivity index (χ0n) is 16.2. The van der Waals surface area contributed by atoms with Crippen molar-refractivity contribution in [3.63, 3.8) is 0 Å². The van der Waals surface area contributed by atoms with Gasteiger partial charge in [-0.2, -0.15) is 0 Å². The highest BCUT2D eigenvalue weighted by Crippen LogP contribution is 2.36. The number of nitrogens with zero attached hydrogens (tertiary/aromatic N) is 1. The second-order valence-corrected chi connectivity index (χ2v) is 7.08. The largest absolute Gasteiger partial charge is 0.497 e. The van der Waals surface area contributed by atoms with Gasteiger partial charge in [0, 0.05) is 22.0 Å². The Morgan fingerprint density at radius 2 is 1.71 bits per heavy atom. The topological polar surface area (TPSA) is 63.2 Å². The number of carbonyl (C=O) groups is 1. The Morgan fingerprint density at radius 1 is 0.968 bits per heavy atom. The number of hydrogen-bond acceptors (Lipinski definition) is 3. The standard InChI is InChI=1S/C23H16ClF2N3O2/c1-31-16-6-2-13(3-7-16)22-17-10-14(24)4-8-19(17)27-12-21(22)29-23(30)28-20-9-5-15(25)11-18(20)26/h2-12H,1H3,(H2,28,29,30). The van der Waals surface area contributed by atoms with Gasteiger partial charge >= 0.3 is 6.03 Å². The maximum atomic E-state index is 13.9. The number of fused-ring (bicyclic) bond motifs is 1. The van der Waals surface area contributed by atoms with Crippen molar-refractivity contribution in [1.29, 1.82) is 0 Å². The van der Waals surface area contributed by atoms with Gasteiger partial charge in [0.25, 0.3) is 0 Å². The molecule has 8 heteroatoms. The molecular weight excluding hydrogens is 424 g/mol. The quantitative estimate of drug-likeness (QED) is 0.382. The molecule has 0 unspecified atom stereocenters. The first-order chi connectivity index (χ1) is 14.9. The van der Waals surface area contributed by atoms with Crippen molar-refractivity contribution in [1.82, 2.24) is 4.98 Å². The van der Waals surface area contributed by atoms with Gasteiger partial charge in [-0.05, 0) is 48.0 Å². The molecule has 0 spiro atoms. The number of nitrogens with one attached hydrogen (secondary N) is 2. The van der Waals surface area contributed by atoms with Gasteiger partial charge in [0.2, 0.25) is 0 Å². The predicted molar refractivity (Wildman–Crippen MR) is 118 cm³/mol. The second-order valence-electron chi connectivity index (χ2n) is 6.64. The van der Waals surface area contributed by atoms with Crippen LogP contribution in [-0.2, 0) is 0 Å². The molecule has 5 nitrogen and oxygen atoms in total. The Balaban J connectivity index is 1.75. The first-order valence-corrected chi connectivity index (χ1v) is 9.58. The van der Waals surface area contributed by atoms with Crippen LogP contribution >= 0.6 is 11.6 Å². The zero-order chi connectivity index (χ0) is 22.0. The van der Waals surface area contributed by atoms with Gasteiger partial charge in [-0.25, -0.2) is 13.6 Å². The van der Waals surface area contributed by atoms with Gasteiger partial charge in [-0.1, -0.05) is 23.7 Å². The van der Waals surface area contributed by atoms with E-state index in [0.717, 1.165) is 23.1 Å². The van der Waals surface area contributed by atoms with E-state index in [0.29, 0.717) is 33.6 Å². The van der Waals surface area contributed by atoms with Crippen molar-refractivity contribution < 1.29 is 18.3 Å². The molecule has 156 valence electrons. The fourth-order valence-corrected chi connectivity index (χ4v) is 3.37. The number of hydrogen-bond donors (Lipinski definition) is 2. The Hall–Kier alpha value is -3.71. The van der Waals surface area contributed by atoms with E-state index in [-0.39, 0.29) is 5.69 Å². The lowest BCUT2D eigenvalue weighted by Gasteiger charge is -2.15. The Labute approximate surface area is 181 Å². The molecule has 1 aromatic heterocycles. The minimum absolute atomic E-state index is 0.151. The van der Waals surface area contributed by atoms with Crippen LogP contribution in [-0.4, -0.2) is 18.1 Å². The number of pyridine rings is 1. The van der Waals surface area contributed by atoms with Crippen LogP contribution in [0.2, 0.25) is 5.02 Å². The molecule has 4 rings (SSSR count). The van der Waals surface area contributed by atoms with Crippen LogP contribution in [0.1, 0.15) is 0 Å². The third kappa shape index (κ3) is 4.41. The summed E-state index contributed by atoms with van der Waals surface area (Å²) >= 11 is 6.20. The smallest absolute Gasteiger partial charge is 0.323 e. The van der Waals surface area contributed by atoms with Crippen LogP contribution in [0.15, 0.2) is 66.9 Å². The molecule has 2 N–H and O–H groups in total. The van der Waals surface area contributed by atoms with E-state index in [1.165, 1.54) is 6.20 Å². The van der Waals surface area contributed by atoms with Crippen LogP contribution in [0.5, 0.6) is 5.75 Å². The molecule has 0 aliphatic heterocycles. The van der Waals surface area contributed by atoms with Gasteiger partial charge in [0.15, 0.2) is 0 Å². The SMILES string of the molecule is COc1ccc(-c2c(NC(=O)Nc3ccc(F)cc3F)cnc3ccc(Cl)cc23)cc1. The highest BCUT2D eigenvalue weighted by atomic mass is 35.5. The zero-order valence-corrected chi connectivity index (χ0v) is 17.0. The summed E-state index contributed by atoms with van der Waals surface area (Å²) in [6.07, 6.45) is 1.51. The minimum atomic E-state index is -0.881. The Kier molecular flexibility index (Phi) is 5.68. The fraction of sp³-hybridized carbons (Fsp3) is 0.0435. The van der Waals surface area contributed by atoms with Crippen molar-refractivity contribution in [2.45, 2.75) is 0 Å². The third-order valence-corrected chi connectivity index (χ3v) is 4.87. The van der Waals surface area contributed by atoms with Crippen molar-refractivity contribution in [3.8, 4) is 16.9 Å². The molecule has 0 radical (unpaired) electrons. The van der Waals surface area contributed by atoms with Crippen LogP contribution in [0.25, 0.3) is 22.0 Å². The maximum absolute atomic E-state index is 13.9. The molecule has 0 aliphatic rings. The Bertz CT molecular complexity index is 1280. The van der Waals surface area contributed by atoms with Crippen molar-refractivity contribution in [2.24, 2.45) is 0 Å². The number of amides is 2. The lowest BCUT2D eigenvalue weighted by atomic mass is 9.99. The van der Waals surface area contributed by atoms with Crippen molar-refractivity contribution in [3.05, 3.63) is 83.5 Å². The number of benzene rings is 3. The summed E-state index contributed by atoms with van der Waals surface area (Å²) in [4.78, 5) is 16.9. The van der Waals surface area contributed by atoms with Gasteiger partial charge < -0.3 is 15.4 Å². The predicted octanol–water partition coefficient (Wildman–Crippen LogP) is 6.49. The van der Waals surface area contributed by atoms with Crippen LogP contribution in [0, 0.1) is 11.6 Å². The fourth-order valence-electron chi connectivity index (χ4n) is 3.19. The van der Waals surface area contributed by atoms with Gasteiger partial charge in [-0.3, -0.25) is 4.98 Å². The highest BCUT2D eigenvalue weighted by Gasteiger charge is 2.15. The summed E-state index contributed by atoms with van der Waals surface area (Å²) in [5.41, 5.74) is 2.40. The van der Waals surface area contributed by atoms with E-state index in [1.807, 2.05) is 12.1 Å². The first kappa shape index (κ1) is 20.6. The van der Waals surface area contributed by atoms with Crippen LogP contribution in [0.4, 0.5) is 25.0 Å². The van der Waals surface area contributed by atoms with E-state index in [4.69, 9.17) is 16.3 Å². The molecule has 3 aromatic carbocycles. The van der Waals surface area contributed by atoms with E-state index in [2.05, 4.69) is 15.6 Å². The molecule has 2 amide bonds. The first-order valence-electron chi connectivity index (χ1n) is 9.20.